The van der Waals surface area contributed by atoms with Crippen LogP contribution >= 0.6 is 11.8 Å². The van der Waals surface area contributed by atoms with Crippen molar-refractivity contribution in [2.75, 3.05) is 19.0 Å². The van der Waals surface area contributed by atoms with Crippen molar-refractivity contribution in [3.63, 3.8) is 0 Å². The predicted octanol–water partition coefficient (Wildman–Crippen LogP) is 1.77. The van der Waals surface area contributed by atoms with Gasteiger partial charge in [-0.05, 0) is 5.92 Å². The zero-order valence-electron chi connectivity index (χ0n) is 6.09. The number of rotatable bonds is 4. The fraction of sp³-hybridized carbons (Fsp3) is 1.00. The molecule has 9 heavy (non-hydrogen) atoms. The lowest BCUT2D eigenvalue weighted by atomic mass is 10.2. The van der Waals surface area contributed by atoms with E-state index >= 15 is 0 Å². The fourth-order valence-electron chi connectivity index (χ4n) is 0.599. The van der Waals surface area contributed by atoms with Crippen LogP contribution in [0.15, 0.2) is 0 Å². The van der Waals surface area contributed by atoms with Crippen molar-refractivity contribution in [1.29, 1.82) is 0 Å². The molecule has 0 bridgehead atoms. The quantitative estimate of drug-likeness (QED) is 0.559. The Kier molecular flexibility index (Phi) is 2.86. The second-order valence-electron chi connectivity index (χ2n) is 2.89. The molecule has 0 aliphatic carbocycles. The lowest BCUT2D eigenvalue weighted by molar-refractivity contribution is 0.117. The molecule has 0 aromatic rings. The molecule has 1 aliphatic heterocycles. The van der Waals surface area contributed by atoms with E-state index in [2.05, 4.69) is 13.8 Å². The molecule has 1 unspecified atom stereocenters. The van der Waals surface area contributed by atoms with E-state index in [9.17, 15) is 0 Å². The Morgan fingerprint density at radius 1 is 1.67 bits per heavy atom. The van der Waals surface area contributed by atoms with Crippen molar-refractivity contribution in [2.45, 2.75) is 19.1 Å². The van der Waals surface area contributed by atoms with Gasteiger partial charge in [-0.15, -0.1) is 0 Å². The van der Waals surface area contributed by atoms with Crippen LogP contribution in [0.25, 0.3) is 0 Å². The molecule has 1 fully saturated rings. The van der Waals surface area contributed by atoms with Crippen molar-refractivity contribution < 1.29 is 4.74 Å². The summed E-state index contributed by atoms with van der Waals surface area (Å²) in [4.78, 5) is 0. The topological polar surface area (TPSA) is 9.23 Å². The summed E-state index contributed by atoms with van der Waals surface area (Å²) in [7, 11) is 0. The highest BCUT2D eigenvalue weighted by Crippen LogP contribution is 2.29. The first kappa shape index (κ1) is 7.42. The highest BCUT2D eigenvalue weighted by molar-refractivity contribution is 8.06. The maximum Gasteiger partial charge on any atom is 0.0593 e. The molecule has 2 heteroatoms. The fourth-order valence-corrected chi connectivity index (χ4v) is 1.02. The van der Waals surface area contributed by atoms with Gasteiger partial charge in [0.15, 0.2) is 0 Å². The van der Waals surface area contributed by atoms with Gasteiger partial charge in [-0.3, -0.25) is 0 Å². The highest BCUT2D eigenvalue weighted by Gasteiger charge is 2.21. The molecule has 0 amide bonds. The van der Waals surface area contributed by atoms with Gasteiger partial charge >= 0.3 is 0 Å². The molecule has 1 heterocycles. The van der Waals surface area contributed by atoms with Crippen molar-refractivity contribution in [1.82, 2.24) is 0 Å². The summed E-state index contributed by atoms with van der Waals surface area (Å²) in [6.45, 7) is 6.26. The van der Waals surface area contributed by atoms with Crippen LogP contribution in [0, 0.1) is 5.92 Å². The summed E-state index contributed by atoms with van der Waals surface area (Å²) >= 11 is 1.99. The predicted molar refractivity (Wildman–Crippen MR) is 41.9 cm³/mol. The van der Waals surface area contributed by atoms with Gasteiger partial charge in [0.1, 0.15) is 0 Å². The van der Waals surface area contributed by atoms with Crippen molar-refractivity contribution >= 4 is 11.8 Å². The standard InChI is InChI=1S/C7H14OS/c1-6(2)3-8-4-7-5-9-7/h6-7H,3-5H2,1-2H3. The summed E-state index contributed by atoms with van der Waals surface area (Å²) in [6, 6.07) is 0. The van der Waals surface area contributed by atoms with Gasteiger partial charge in [0.05, 0.1) is 6.61 Å². The molecular formula is C7H14OS. The van der Waals surface area contributed by atoms with Crippen molar-refractivity contribution in [3.05, 3.63) is 0 Å². The second kappa shape index (κ2) is 3.47. The monoisotopic (exact) mass is 146 g/mol. The molecule has 1 aliphatic rings. The van der Waals surface area contributed by atoms with Crippen LogP contribution in [0.1, 0.15) is 13.8 Å². The van der Waals surface area contributed by atoms with Crippen LogP contribution in [0.3, 0.4) is 0 Å². The van der Waals surface area contributed by atoms with E-state index in [1.54, 1.807) is 0 Å². The smallest absolute Gasteiger partial charge is 0.0593 e. The lowest BCUT2D eigenvalue weighted by Crippen LogP contribution is -2.06. The summed E-state index contributed by atoms with van der Waals surface area (Å²) < 4.78 is 5.40. The average molecular weight is 146 g/mol. The number of hydrogen-bond acceptors (Lipinski definition) is 2. The number of ether oxygens (including phenoxy) is 1. The summed E-state index contributed by atoms with van der Waals surface area (Å²) in [6.07, 6.45) is 0. The third kappa shape index (κ3) is 3.82. The molecule has 0 saturated carbocycles. The molecule has 0 aromatic carbocycles. The third-order valence-corrected chi connectivity index (χ3v) is 2.10. The summed E-state index contributed by atoms with van der Waals surface area (Å²) in [5.41, 5.74) is 0. The van der Waals surface area contributed by atoms with E-state index in [0.717, 1.165) is 18.5 Å². The normalized spacial score (nSPS) is 25.0. The van der Waals surface area contributed by atoms with Crippen molar-refractivity contribution in [3.8, 4) is 0 Å². The zero-order valence-corrected chi connectivity index (χ0v) is 6.91. The number of hydrogen-bond donors (Lipinski definition) is 0. The van der Waals surface area contributed by atoms with Crippen LogP contribution in [0.5, 0.6) is 0 Å². The van der Waals surface area contributed by atoms with E-state index in [-0.39, 0.29) is 0 Å². The van der Waals surface area contributed by atoms with Gasteiger partial charge in [-0.25, -0.2) is 0 Å². The number of thioether (sulfide) groups is 1. The Labute approximate surface area is 61.2 Å². The average Bonchev–Trinajstić information content (AvgIpc) is 2.48. The van der Waals surface area contributed by atoms with Gasteiger partial charge in [-0.1, -0.05) is 13.8 Å². The van der Waals surface area contributed by atoms with Crippen LogP contribution in [0.4, 0.5) is 0 Å². The van der Waals surface area contributed by atoms with Crippen LogP contribution in [-0.4, -0.2) is 24.2 Å². The largest absolute Gasteiger partial charge is 0.380 e. The first-order valence-electron chi connectivity index (χ1n) is 3.48. The molecule has 1 atom stereocenters. The first-order valence-corrected chi connectivity index (χ1v) is 4.53. The third-order valence-electron chi connectivity index (χ3n) is 1.16. The lowest BCUT2D eigenvalue weighted by Gasteiger charge is -2.03. The molecule has 0 aromatic heterocycles. The van der Waals surface area contributed by atoms with E-state index in [0.29, 0.717) is 5.92 Å². The maximum absolute atomic E-state index is 5.40. The molecule has 1 saturated heterocycles. The minimum Gasteiger partial charge on any atom is -0.380 e. The SMILES string of the molecule is CC(C)COCC1CS1. The van der Waals surface area contributed by atoms with Gasteiger partial charge in [0.2, 0.25) is 0 Å². The van der Waals surface area contributed by atoms with Crippen molar-refractivity contribution in [2.24, 2.45) is 5.92 Å². The van der Waals surface area contributed by atoms with E-state index < -0.39 is 0 Å². The Hall–Kier alpha value is 0.310. The van der Waals surface area contributed by atoms with Crippen LogP contribution in [-0.2, 0) is 4.74 Å². The molecular weight excluding hydrogens is 132 g/mol. The Bertz CT molecular complexity index is 77.0. The van der Waals surface area contributed by atoms with E-state index in [1.807, 2.05) is 11.8 Å². The van der Waals surface area contributed by atoms with Gasteiger partial charge in [0.25, 0.3) is 0 Å². The Morgan fingerprint density at radius 2 is 2.33 bits per heavy atom. The Balaban J connectivity index is 1.81. The zero-order chi connectivity index (χ0) is 6.69. The first-order chi connectivity index (χ1) is 4.29. The second-order valence-corrected chi connectivity index (χ2v) is 4.22. The molecule has 1 rings (SSSR count). The molecule has 1 nitrogen and oxygen atoms in total. The molecule has 54 valence electrons. The minimum atomic E-state index is 0.689. The molecule has 0 spiro atoms. The summed E-state index contributed by atoms with van der Waals surface area (Å²) in [5, 5.41) is 0.837. The molecule has 0 N–H and O–H groups in total. The molecule has 0 radical (unpaired) electrons. The van der Waals surface area contributed by atoms with Crippen LogP contribution in [0.2, 0.25) is 0 Å². The van der Waals surface area contributed by atoms with E-state index in [1.165, 1.54) is 5.75 Å². The van der Waals surface area contributed by atoms with E-state index in [4.69, 9.17) is 4.74 Å². The highest BCUT2D eigenvalue weighted by atomic mass is 32.2. The Morgan fingerprint density at radius 3 is 2.78 bits per heavy atom. The summed E-state index contributed by atoms with van der Waals surface area (Å²) in [5.74, 6) is 2.01. The maximum atomic E-state index is 5.40. The minimum absolute atomic E-state index is 0.689. The van der Waals surface area contributed by atoms with Gasteiger partial charge in [-0.2, -0.15) is 11.8 Å². The van der Waals surface area contributed by atoms with Gasteiger partial charge < -0.3 is 4.74 Å². The van der Waals surface area contributed by atoms with Gasteiger partial charge in [0, 0.05) is 17.6 Å². The van der Waals surface area contributed by atoms with Crippen LogP contribution < -0.4 is 0 Å².